The molecule has 0 atom stereocenters. The number of hydrogen-bond acceptors (Lipinski definition) is 8. The predicted octanol–water partition coefficient (Wildman–Crippen LogP) is 2.84. The summed E-state index contributed by atoms with van der Waals surface area (Å²) in [6.07, 6.45) is -2.38. The van der Waals surface area contributed by atoms with Crippen molar-refractivity contribution < 1.29 is 26.7 Å². The summed E-state index contributed by atoms with van der Waals surface area (Å²) in [4.78, 5) is 19.9. The van der Waals surface area contributed by atoms with Crippen molar-refractivity contribution in [1.29, 1.82) is 0 Å². The van der Waals surface area contributed by atoms with Crippen LogP contribution in [0.1, 0.15) is 5.56 Å². The van der Waals surface area contributed by atoms with Crippen LogP contribution >= 0.6 is 0 Å². The minimum absolute atomic E-state index is 0.0310. The molecule has 1 amide bonds. The maximum Gasteiger partial charge on any atom is 0.482 e. The maximum absolute atomic E-state index is 13.4. The highest BCUT2D eigenvalue weighted by molar-refractivity contribution is 7.89. The number of ether oxygens (including phenoxy) is 1. The zero-order chi connectivity index (χ0) is 23.1. The first-order valence-electron chi connectivity index (χ1n) is 9.04. The molecule has 1 aliphatic rings. The molecule has 0 bridgehead atoms. The molecule has 2 aromatic carbocycles. The number of carbonyl (C=O) groups excluding carboxylic acids is 1. The molecule has 3 aromatic rings. The Bertz CT molecular complexity index is 1320. The minimum Gasteiger partial charge on any atom is -0.423 e. The summed E-state index contributed by atoms with van der Waals surface area (Å²) in [7, 11) is -3.80. The summed E-state index contributed by atoms with van der Waals surface area (Å²) in [6.45, 7) is 1.76. The van der Waals surface area contributed by atoms with Crippen molar-refractivity contribution in [2.45, 2.75) is 17.9 Å². The van der Waals surface area contributed by atoms with Crippen LogP contribution in [0.5, 0.6) is 5.75 Å². The average Bonchev–Trinajstić information content (AvgIpc) is 2.71. The highest BCUT2D eigenvalue weighted by Crippen LogP contribution is 2.37. The number of benzene rings is 2. The van der Waals surface area contributed by atoms with E-state index in [1.54, 1.807) is 13.1 Å². The van der Waals surface area contributed by atoms with Crippen LogP contribution in [0.25, 0.3) is 0 Å². The first kappa shape index (κ1) is 21.4. The van der Waals surface area contributed by atoms with Crippen LogP contribution in [0, 0.1) is 6.92 Å². The number of hydrogen-bond donors (Lipinski definition) is 4. The number of halogens is 2. The Hall–Kier alpha value is -3.84. The second-order valence-corrected chi connectivity index (χ2v) is 8.39. The molecular formula is C19H16F2N6O4S. The third-order valence-electron chi connectivity index (χ3n) is 4.40. The van der Waals surface area contributed by atoms with Crippen LogP contribution in [-0.2, 0) is 14.8 Å². The highest BCUT2D eigenvalue weighted by Gasteiger charge is 2.46. The number of nitrogens with one attached hydrogen (secondary N) is 3. The Morgan fingerprint density at radius 3 is 2.47 bits per heavy atom. The lowest BCUT2D eigenvalue weighted by Crippen LogP contribution is -2.43. The summed E-state index contributed by atoms with van der Waals surface area (Å²) in [5.41, 5.74) is 1.76. The van der Waals surface area contributed by atoms with Gasteiger partial charge in [0.2, 0.25) is 16.0 Å². The van der Waals surface area contributed by atoms with Gasteiger partial charge >= 0.3 is 12.0 Å². The fraction of sp³-hybridized carbons (Fsp3) is 0.105. The van der Waals surface area contributed by atoms with Gasteiger partial charge in [0.25, 0.3) is 0 Å². The SMILES string of the molecule is Cc1cnc(Nc2ccc(S(N)(=O)=O)cc2)nc1Nc1ccc2c(c1)NC(=O)C(F)(F)O2. The molecule has 1 aromatic heterocycles. The fourth-order valence-electron chi connectivity index (χ4n) is 2.80. The molecule has 2 heterocycles. The van der Waals surface area contributed by atoms with Crippen LogP contribution in [0.4, 0.5) is 37.6 Å². The molecule has 0 unspecified atom stereocenters. The first-order valence-corrected chi connectivity index (χ1v) is 10.6. The molecule has 0 saturated carbocycles. The predicted molar refractivity (Wildman–Crippen MR) is 112 cm³/mol. The zero-order valence-corrected chi connectivity index (χ0v) is 17.2. The van der Waals surface area contributed by atoms with Gasteiger partial charge in [0, 0.05) is 23.1 Å². The summed E-state index contributed by atoms with van der Waals surface area (Å²) < 4.78 is 53.9. The van der Waals surface area contributed by atoms with Crippen molar-refractivity contribution in [1.82, 2.24) is 9.97 Å². The van der Waals surface area contributed by atoms with E-state index in [2.05, 4.69) is 30.7 Å². The minimum atomic E-state index is -3.93. The number of alkyl halides is 2. The second kappa shape index (κ2) is 7.69. The van der Waals surface area contributed by atoms with Crippen molar-refractivity contribution in [2.75, 3.05) is 16.0 Å². The largest absolute Gasteiger partial charge is 0.482 e. The molecule has 1 aliphatic heterocycles. The molecule has 0 aliphatic carbocycles. The summed E-state index contributed by atoms with van der Waals surface area (Å²) >= 11 is 0. The molecule has 5 N–H and O–H groups in total. The van der Waals surface area contributed by atoms with Gasteiger partial charge in [0.1, 0.15) is 5.82 Å². The molecule has 4 rings (SSSR count). The third-order valence-corrected chi connectivity index (χ3v) is 5.33. The van der Waals surface area contributed by atoms with Gasteiger partial charge < -0.3 is 20.7 Å². The van der Waals surface area contributed by atoms with Gasteiger partial charge in [-0.25, -0.2) is 18.5 Å². The van der Waals surface area contributed by atoms with Gasteiger partial charge in [0.05, 0.1) is 10.6 Å². The van der Waals surface area contributed by atoms with Gasteiger partial charge in [-0.15, -0.1) is 0 Å². The number of amides is 1. The van der Waals surface area contributed by atoms with Gasteiger partial charge in [-0.2, -0.15) is 13.8 Å². The Morgan fingerprint density at radius 1 is 1.09 bits per heavy atom. The molecule has 166 valence electrons. The van der Waals surface area contributed by atoms with E-state index in [0.29, 0.717) is 22.8 Å². The topological polar surface area (TPSA) is 148 Å². The molecule has 0 spiro atoms. The van der Waals surface area contributed by atoms with Crippen LogP contribution < -0.4 is 25.8 Å². The summed E-state index contributed by atoms with van der Waals surface area (Å²) in [5, 5.41) is 13.2. The highest BCUT2D eigenvalue weighted by atomic mass is 32.2. The lowest BCUT2D eigenvalue weighted by Gasteiger charge is -2.25. The number of primary sulfonamides is 1. The Labute approximate surface area is 180 Å². The molecule has 13 heteroatoms. The maximum atomic E-state index is 13.4. The smallest absolute Gasteiger partial charge is 0.423 e. The summed E-state index contributed by atoms with van der Waals surface area (Å²) in [5.74, 6) is -1.09. The Morgan fingerprint density at radius 2 is 1.78 bits per heavy atom. The van der Waals surface area contributed by atoms with E-state index in [0.717, 1.165) is 0 Å². The molecule has 0 fully saturated rings. The molecule has 0 radical (unpaired) electrons. The van der Waals surface area contributed by atoms with Crippen molar-refractivity contribution in [3.63, 3.8) is 0 Å². The van der Waals surface area contributed by atoms with Crippen LogP contribution in [-0.4, -0.2) is 30.4 Å². The molecule has 0 saturated heterocycles. The molecule has 10 nitrogen and oxygen atoms in total. The van der Waals surface area contributed by atoms with Gasteiger partial charge in [-0.1, -0.05) is 0 Å². The average molecular weight is 462 g/mol. The zero-order valence-electron chi connectivity index (χ0n) is 16.4. The van der Waals surface area contributed by atoms with Crippen molar-refractivity contribution in [3.05, 3.63) is 54.2 Å². The normalized spacial score (nSPS) is 14.7. The molecule has 32 heavy (non-hydrogen) atoms. The number of nitrogens with zero attached hydrogens (tertiary/aromatic N) is 2. The van der Waals surface area contributed by atoms with Crippen molar-refractivity contribution >= 4 is 44.8 Å². The van der Waals surface area contributed by atoms with Crippen LogP contribution in [0.15, 0.2) is 53.6 Å². The van der Waals surface area contributed by atoms with Crippen LogP contribution in [0.2, 0.25) is 0 Å². The number of nitrogens with two attached hydrogens (primary N) is 1. The van der Waals surface area contributed by atoms with Gasteiger partial charge in [-0.05, 0) is 49.4 Å². The first-order chi connectivity index (χ1) is 15.0. The number of rotatable bonds is 5. The van der Waals surface area contributed by atoms with E-state index >= 15 is 0 Å². The second-order valence-electron chi connectivity index (χ2n) is 6.83. The van der Waals surface area contributed by atoms with E-state index in [1.165, 1.54) is 42.5 Å². The lowest BCUT2D eigenvalue weighted by molar-refractivity contribution is -0.189. The lowest BCUT2D eigenvalue weighted by atomic mass is 10.2. The van der Waals surface area contributed by atoms with E-state index in [-0.39, 0.29) is 22.3 Å². The number of carbonyl (C=O) groups is 1. The van der Waals surface area contributed by atoms with E-state index in [1.807, 2.05) is 0 Å². The van der Waals surface area contributed by atoms with E-state index in [4.69, 9.17) is 5.14 Å². The number of fused-ring (bicyclic) bond motifs is 1. The number of sulfonamides is 1. The van der Waals surface area contributed by atoms with E-state index < -0.39 is 22.0 Å². The quantitative estimate of drug-likeness (QED) is 0.452. The van der Waals surface area contributed by atoms with E-state index in [9.17, 15) is 22.0 Å². The van der Waals surface area contributed by atoms with Crippen molar-refractivity contribution in [3.8, 4) is 5.75 Å². The number of aryl methyl sites for hydroxylation is 1. The number of anilines is 5. The van der Waals surface area contributed by atoms with Gasteiger partial charge in [-0.3, -0.25) is 4.79 Å². The van der Waals surface area contributed by atoms with Crippen molar-refractivity contribution in [2.24, 2.45) is 5.14 Å². The molecular weight excluding hydrogens is 446 g/mol. The van der Waals surface area contributed by atoms with Gasteiger partial charge in [0.15, 0.2) is 5.75 Å². The Kier molecular flexibility index (Phi) is 5.14. The summed E-state index contributed by atoms with van der Waals surface area (Å²) in [6, 6.07) is 9.94. The standard InChI is InChI=1S/C19H16F2N6O4S/c1-10-9-23-18(25-11-2-5-13(6-3-11)32(22,29)30)27-16(10)24-12-4-7-15-14(8-12)26-17(28)19(20,21)31-15/h2-9H,1H3,(H,26,28)(H2,22,29,30)(H2,23,24,25,27). The monoisotopic (exact) mass is 462 g/mol. The fourth-order valence-corrected chi connectivity index (χ4v) is 3.31. The Balaban J connectivity index is 1.54. The number of aromatic nitrogens is 2. The third kappa shape index (κ3) is 4.43. The van der Waals surface area contributed by atoms with Crippen LogP contribution in [0.3, 0.4) is 0 Å².